The summed E-state index contributed by atoms with van der Waals surface area (Å²) in [6, 6.07) is 8.35. The van der Waals surface area contributed by atoms with Gasteiger partial charge >= 0.3 is 0 Å². The standard InChI is InChI=1S/C15H21N3/c1-11-5-7-12(8-6-11)14-16-9-13(18-14)10-17-15(2,3)4/h5-8,17H,9-10H2,1-4H3. The second-order valence-electron chi connectivity index (χ2n) is 5.79. The SMILES string of the molecule is Cc1ccc(C2=NCC(CNC(C)(C)C)=N2)cc1. The van der Waals surface area contributed by atoms with Gasteiger partial charge in [-0.15, -0.1) is 0 Å². The molecule has 0 unspecified atom stereocenters. The van der Waals surface area contributed by atoms with Crippen LogP contribution in [0, 0.1) is 6.92 Å². The number of benzene rings is 1. The van der Waals surface area contributed by atoms with Gasteiger partial charge in [0, 0.05) is 17.6 Å². The number of aliphatic imine (C=N–C) groups is 2. The number of amidine groups is 1. The average Bonchev–Trinajstić information content (AvgIpc) is 2.75. The Balaban J connectivity index is 2.01. The normalized spacial score (nSPS) is 15.6. The number of hydrogen-bond donors (Lipinski definition) is 1. The highest BCUT2D eigenvalue weighted by atomic mass is 15.0. The molecule has 1 aromatic rings. The van der Waals surface area contributed by atoms with Gasteiger partial charge in [0.1, 0.15) is 0 Å². The quantitative estimate of drug-likeness (QED) is 0.870. The molecule has 3 heteroatoms. The Bertz CT molecular complexity index is 475. The highest BCUT2D eigenvalue weighted by molar-refractivity contribution is 6.12. The maximum Gasteiger partial charge on any atom is 0.154 e. The van der Waals surface area contributed by atoms with Crippen molar-refractivity contribution in [2.75, 3.05) is 13.1 Å². The molecule has 0 bridgehead atoms. The van der Waals surface area contributed by atoms with Gasteiger partial charge in [0.05, 0.1) is 12.3 Å². The van der Waals surface area contributed by atoms with Crippen LogP contribution < -0.4 is 5.32 Å². The highest BCUT2D eigenvalue weighted by Crippen LogP contribution is 2.10. The molecule has 1 aliphatic rings. The van der Waals surface area contributed by atoms with Crippen LogP contribution in [0.4, 0.5) is 0 Å². The third kappa shape index (κ3) is 3.50. The van der Waals surface area contributed by atoms with Crippen molar-refractivity contribution in [1.82, 2.24) is 5.32 Å². The molecule has 1 N–H and O–H groups in total. The van der Waals surface area contributed by atoms with Crippen LogP contribution in [0.3, 0.4) is 0 Å². The molecule has 3 nitrogen and oxygen atoms in total. The number of aryl methyl sites for hydroxylation is 1. The summed E-state index contributed by atoms with van der Waals surface area (Å²) in [6.07, 6.45) is 0. The van der Waals surface area contributed by atoms with Crippen LogP contribution in [-0.4, -0.2) is 30.2 Å². The topological polar surface area (TPSA) is 36.8 Å². The Morgan fingerprint density at radius 1 is 1.17 bits per heavy atom. The zero-order valence-electron chi connectivity index (χ0n) is 11.6. The van der Waals surface area contributed by atoms with Crippen LogP contribution >= 0.6 is 0 Å². The molecular weight excluding hydrogens is 222 g/mol. The van der Waals surface area contributed by atoms with E-state index in [2.05, 4.69) is 67.3 Å². The zero-order valence-corrected chi connectivity index (χ0v) is 11.6. The number of nitrogens with one attached hydrogen (secondary N) is 1. The maximum absolute atomic E-state index is 4.60. The second kappa shape index (κ2) is 5.02. The van der Waals surface area contributed by atoms with E-state index in [0.29, 0.717) is 6.54 Å². The number of nitrogens with zero attached hydrogens (tertiary/aromatic N) is 2. The molecule has 1 aliphatic heterocycles. The molecule has 0 saturated carbocycles. The van der Waals surface area contributed by atoms with E-state index < -0.39 is 0 Å². The highest BCUT2D eigenvalue weighted by Gasteiger charge is 2.15. The van der Waals surface area contributed by atoms with Gasteiger partial charge in [-0.05, 0) is 27.7 Å². The lowest BCUT2D eigenvalue weighted by Crippen LogP contribution is -2.39. The average molecular weight is 243 g/mol. The molecule has 0 radical (unpaired) electrons. The summed E-state index contributed by atoms with van der Waals surface area (Å²) < 4.78 is 0. The van der Waals surface area contributed by atoms with Gasteiger partial charge in [0.15, 0.2) is 5.84 Å². The van der Waals surface area contributed by atoms with Crippen molar-refractivity contribution in [1.29, 1.82) is 0 Å². The fourth-order valence-electron chi connectivity index (χ4n) is 1.71. The fourth-order valence-corrected chi connectivity index (χ4v) is 1.71. The molecule has 2 rings (SSSR count). The first kappa shape index (κ1) is 13.0. The maximum atomic E-state index is 4.60. The predicted octanol–water partition coefficient (Wildman–Crippen LogP) is 2.58. The summed E-state index contributed by atoms with van der Waals surface area (Å²) in [5.41, 5.74) is 3.59. The summed E-state index contributed by atoms with van der Waals surface area (Å²) in [5.74, 6) is 0.862. The minimum Gasteiger partial charge on any atom is -0.307 e. The van der Waals surface area contributed by atoms with E-state index in [-0.39, 0.29) is 5.54 Å². The van der Waals surface area contributed by atoms with E-state index in [0.717, 1.165) is 23.7 Å². The molecule has 0 fully saturated rings. The minimum atomic E-state index is 0.120. The lowest BCUT2D eigenvalue weighted by Gasteiger charge is -2.20. The van der Waals surface area contributed by atoms with E-state index >= 15 is 0 Å². The Morgan fingerprint density at radius 3 is 2.44 bits per heavy atom. The first-order valence-electron chi connectivity index (χ1n) is 6.37. The smallest absolute Gasteiger partial charge is 0.154 e. The Labute approximate surface area is 109 Å². The summed E-state index contributed by atoms with van der Waals surface area (Å²) >= 11 is 0. The van der Waals surface area contributed by atoms with Crippen LogP contribution in [0.25, 0.3) is 0 Å². The van der Waals surface area contributed by atoms with Gasteiger partial charge in [0.25, 0.3) is 0 Å². The van der Waals surface area contributed by atoms with E-state index in [1.807, 2.05) is 0 Å². The first-order valence-corrected chi connectivity index (χ1v) is 6.37. The number of rotatable bonds is 3. The van der Waals surface area contributed by atoms with Crippen LogP contribution in [-0.2, 0) is 0 Å². The van der Waals surface area contributed by atoms with Gasteiger partial charge in [-0.25, -0.2) is 4.99 Å². The molecule has 0 aromatic heterocycles. The Hall–Kier alpha value is -1.48. The third-order valence-electron chi connectivity index (χ3n) is 2.81. The summed E-state index contributed by atoms with van der Waals surface area (Å²) in [6.45, 7) is 10.1. The van der Waals surface area contributed by atoms with Gasteiger partial charge < -0.3 is 5.32 Å². The van der Waals surface area contributed by atoms with Crippen LogP contribution in [0.5, 0.6) is 0 Å². The van der Waals surface area contributed by atoms with E-state index in [4.69, 9.17) is 0 Å². The molecule has 1 aromatic carbocycles. The molecule has 0 saturated heterocycles. The molecular formula is C15H21N3. The van der Waals surface area contributed by atoms with E-state index in [9.17, 15) is 0 Å². The molecule has 0 amide bonds. The Morgan fingerprint density at radius 2 is 1.83 bits per heavy atom. The molecule has 18 heavy (non-hydrogen) atoms. The summed E-state index contributed by atoms with van der Waals surface area (Å²) in [4.78, 5) is 9.09. The molecule has 0 spiro atoms. The molecule has 0 atom stereocenters. The van der Waals surface area contributed by atoms with Crippen molar-refractivity contribution >= 4 is 11.5 Å². The van der Waals surface area contributed by atoms with Crippen molar-refractivity contribution in [3.8, 4) is 0 Å². The number of hydrogen-bond acceptors (Lipinski definition) is 3. The Kier molecular flexibility index (Phi) is 3.62. The van der Waals surface area contributed by atoms with Gasteiger partial charge in [-0.1, -0.05) is 29.8 Å². The van der Waals surface area contributed by atoms with Crippen LogP contribution in [0.15, 0.2) is 34.3 Å². The van der Waals surface area contributed by atoms with Crippen molar-refractivity contribution in [3.05, 3.63) is 35.4 Å². The zero-order chi connectivity index (χ0) is 13.2. The summed E-state index contributed by atoms with van der Waals surface area (Å²) in [7, 11) is 0. The van der Waals surface area contributed by atoms with Gasteiger partial charge in [-0.3, -0.25) is 4.99 Å². The third-order valence-corrected chi connectivity index (χ3v) is 2.81. The van der Waals surface area contributed by atoms with Gasteiger partial charge in [-0.2, -0.15) is 0 Å². The first-order chi connectivity index (χ1) is 8.44. The monoisotopic (exact) mass is 243 g/mol. The minimum absolute atomic E-state index is 0.120. The van der Waals surface area contributed by atoms with Crippen molar-refractivity contribution in [2.24, 2.45) is 9.98 Å². The predicted molar refractivity (Wildman–Crippen MR) is 77.8 cm³/mol. The molecule has 1 heterocycles. The lowest BCUT2D eigenvalue weighted by atomic mass is 10.1. The van der Waals surface area contributed by atoms with Crippen LogP contribution in [0.2, 0.25) is 0 Å². The van der Waals surface area contributed by atoms with Gasteiger partial charge in [0.2, 0.25) is 0 Å². The largest absolute Gasteiger partial charge is 0.307 e. The van der Waals surface area contributed by atoms with Crippen molar-refractivity contribution in [3.63, 3.8) is 0 Å². The molecule has 96 valence electrons. The summed E-state index contributed by atoms with van der Waals surface area (Å²) in [5, 5.41) is 3.44. The van der Waals surface area contributed by atoms with E-state index in [1.54, 1.807) is 0 Å². The second-order valence-corrected chi connectivity index (χ2v) is 5.79. The molecule has 0 aliphatic carbocycles. The van der Waals surface area contributed by atoms with Crippen LogP contribution in [0.1, 0.15) is 31.9 Å². The van der Waals surface area contributed by atoms with Crippen molar-refractivity contribution < 1.29 is 0 Å². The van der Waals surface area contributed by atoms with E-state index in [1.165, 1.54) is 5.56 Å². The van der Waals surface area contributed by atoms with Crippen molar-refractivity contribution in [2.45, 2.75) is 33.2 Å². The fraction of sp³-hybridized carbons (Fsp3) is 0.467. The lowest BCUT2D eigenvalue weighted by molar-refractivity contribution is 0.454.